The van der Waals surface area contributed by atoms with Crippen molar-refractivity contribution in [2.45, 2.75) is 51.9 Å². The first kappa shape index (κ1) is 19.8. The molecule has 148 valence electrons. The smallest absolute Gasteiger partial charge is 0.269 e. The number of likely N-dealkylation sites (tertiary alicyclic amines) is 1. The van der Waals surface area contributed by atoms with Gasteiger partial charge in [0.25, 0.3) is 5.69 Å². The number of benzene rings is 1. The molecule has 3 unspecified atom stereocenters. The number of carbonyl (C=O) groups is 1. The number of morpholine rings is 1. The third-order valence-corrected chi connectivity index (χ3v) is 5.72. The topological polar surface area (TPSA) is 75.9 Å². The van der Waals surface area contributed by atoms with Crippen LogP contribution in [-0.2, 0) is 9.53 Å². The number of non-ortho nitro benzene ring substituents is 1. The van der Waals surface area contributed by atoms with Crippen LogP contribution in [0.25, 0.3) is 0 Å². The molecule has 3 atom stereocenters. The van der Waals surface area contributed by atoms with Crippen molar-refractivity contribution >= 4 is 11.6 Å². The van der Waals surface area contributed by atoms with Gasteiger partial charge in [0.2, 0.25) is 5.91 Å². The third-order valence-electron chi connectivity index (χ3n) is 5.72. The van der Waals surface area contributed by atoms with Crippen LogP contribution in [0.4, 0.5) is 5.69 Å². The summed E-state index contributed by atoms with van der Waals surface area (Å²) in [4.78, 5) is 27.8. The summed E-state index contributed by atoms with van der Waals surface area (Å²) in [6.45, 7) is 9.11. The molecule has 7 heteroatoms. The molecule has 1 aromatic carbocycles. The predicted molar refractivity (Wildman–Crippen MR) is 102 cm³/mol. The molecule has 0 aromatic heterocycles. The molecule has 2 fully saturated rings. The first-order valence-corrected chi connectivity index (χ1v) is 9.77. The van der Waals surface area contributed by atoms with Crippen LogP contribution in [0.5, 0.6) is 0 Å². The van der Waals surface area contributed by atoms with E-state index in [0.29, 0.717) is 13.1 Å². The second kappa shape index (κ2) is 8.35. The first-order chi connectivity index (χ1) is 12.8. The summed E-state index contributed by atoms with van der Waals surface area (Å²) in [5.41, 5.74) is 1.07. The van der Waals surface area contributed by atoms with Crippen molar-refractivity contribution < 1.29 is 14.5 Å². The van der Waals surface area contributed by atoms with Gasteiger partial charge in [-0.2, -0.15) is 0 Å². The van der Waals surface area contributed by atoms with Crippen molar-refractivity contribution in [3.63, 3.8) is 0 Å². The minimum Gasteiger partial charge on any atom is -0.372 e. The lowest BCUT2D eigenvalue weighted by molar-refractivity contribution is -0.385. The van der Waals surface area contributed by atoms with E-state index < -0.39 is 0 Å². The fourth-order valence-electron chi connectivity index (χ4n) is 4.26. The summed E-state index contributed by atoms with van der Waals surface area (Å²) in [7, 11) is 0. The summed E-state index contributed by atoms with van der Waals surface area (Å²) in [6.07, 6.45) is 1.84. The zero-order valence-corrected chi connectivity index (χ0v) is 16.3. The maximum Gasteiger partial charge on any atom is 0.269 e. The van der Waals surface area contributed by atoms with E-state index in [4.69, 9.17) is 4.74 Å². The highest BCUT2D eigenvalue weighted by Crippen LogP contribution is 2.29. The van der Waals surface area contributed by atoms with Gasteiger partial charge in [-0.15, -0.1) is 0 Å². The number of nitro groups is 1. The number of piperidine rings is 1. The normalized spacial score (nSPS) is 26.0. The number of hydrogen-bond donors (Lipinski definition) is 0. The highest BCUT2D eigenvalue weighted by atomic mass is 16.6. The zero-order valence-electron chi connectivity index (χ0n) is 16.3. The number of nitro benzene ring substituents is 1. The quantitative estimate of drug-likeness (QED) is 0.597. The van der Waals surface area contributed by atoms with E-state index in [1.807, 2.05) is 24.8 Å². The van der Waals surface area contributed by atoms with E-state index in [1.54, 1.807) is 12.1 Å². The number of nitrogens with zero attached hydrogens (tertiary/aromatic N) is 3. The van der Waals surface area contributed by atoms with Crippen molar-refractivity contribution in [1.29, 1.82) is 0 Å². The van der Waals surface area contributed by atoms with Crippen LogP contribution in [0.3, 0.4) is 0 Å². The monoisotopic (exact) mass is 375 g/mol. The number of amides is 1. The van der Waals surface area contributed by atoms with Crippen LogP contribution in [0.15, 0.2) is 24.3 Å². The van der Waals surface area contributed by atoms with Crippen molar-refractivity contribution in [3.8, 4) is 0 Å². The van der Waals surface area contributed by atoms with Crippen molar-refractivity contribution in [1.82, 2.24) is 9.80 Å². The molecule has 2 aliphatic rings. The van der Waals surface area contributed by atoms with Gasteiger partial charge in [-0.3, -0.25) is 19.8 Å². The fourth-order valence-corrected chi connectivity index (χ4v) is 4.26. The van der Waals surface area contributed by atoms with E-state index in [1.165, 1.54) is 6.07 Å². The minimum atomic E-state index is -0.356. The van der Waals surface area contributed by atoms with E-state index in [-0.39, 0.29) is 40.7 Å². The Balaban J connectivity index is 1.57. The highest BCUT2D eigenvalue weighted by molar-refractivity contribution is 5.79. The Morgan fingerprint density at radius 3 is 2.44 bits per heavy atom. The van der Waals surface area contributed by atoms with Crippen LogP contribution in [0.1, 0.15) is 45.2 Å². The number of carbonyl (C=O) groups excluding carboxylic acids is 1. The summed E-state index contributed by atoms with van der Waals surface area (Å²) in [5, 5.41) is 11.0. The van der Waals surface area contributed by atoms with Gasteiger partial charge < -0.3 is 9.64 Å². The second-order valence-corrected chi connectivity index (χ2v) is 7.84. The fraction of sp³-hybridized carbons (Fsp3) is 0.650. The van der Waals surface area contributed by atoms with Gasteiger partial charge in [0.05, 0.1) is 17.1 Å². The van der Waals surface area contributed by atoms with Gasteiger partial charge in [0.15, 0.2) is 0 Å². The summed E-state index contributed by atoms with van der Waals surface area (Å²) in [6, 6.07) is 6.94. The Morgan fingerprint density at radius 1 is 1.22 bits per heavy atom. The van der Waals surface area contributed by atoms with Crippen LogP contribution in [0, 0.1) is 16.0 Å². The maximum atomic E-state index is 12.9. The van der Waals surface area contributed by atoms with Gasteiger partial charge >= 0.3 is 0 Å². The Labute approximate surface area is 160 Å². The van der Waals surface area contributed by atoms with Crippen molar-refractivity contribution in [3.05, 3.63) is 39.9 Å². The molecule has 0 aliphatic carbocycles. The largest absolute Gasteiger partial charge is 0.372 e. The Bertz CT molecular complexity index is 678. The van der Waals surface area contributed by atoms with E-state index >= 15 is 0 Å². The summed E-state index contributed by atoms with van der Waals surface area (Å²) < 4.78 is 5.73. The molecule has 2 saturated heterocycles. The molecule has 0 radical (unpaired) electrons. The first-order valence-electron chi connectivity index (χ1n) is 9.77. The number of hydrogen-bond acceptors (Lipinski definition) is 5. The molecule has 3 rings (SSSR count). The Morgan fingerprint density at radius 2 is 1.85 bits per heavy atom. The van der Waals surface area contributed by atoms with Gasteiger partial charge in [-0.1, -0.05) is 12.1 Å². The molecule has 2 aliphatic heterocycles. The average molecular weight is 375 g/mol. The lowest BCUT2D eigenvalue weighted by Gasteiger charge is -2.40. The third kappa shape index (κ3) is 4.65. The number of rotatable bonds is 4. The lowest BCUT2D eigenvalue weighted by Crippen LogP contribution is -2.51. The second-order valence-electron chi connectivity index (χ2n) is 7.84. The molecule has 0 spiro atoms. The maximum absolute atomic E-state index is 12.9. The molecule has 0 bridgehead atoms. The van der Waals surface area contributed by atoms with Crippen LogP contribution in [0.2, 0.25) is 0 Å². The molecule has 27 heavy (non-hydrogen) atoms. The van der Waals surface area contributed by atoms with Crippen LogP contribution >= 0.6 is 0 Å². The molecular formula is C20H29N3O4. The predicted octanol–water partition coefficient (Wildman–Crippen LogP) is 3.00. The molecule has 1 aromatic rings. The Hall–Kier alpha value is -1.99. The van der Waals surface area contributed by atoms with Gasteiger partial charge in [-0.25, -0.2) is 0 Å². The molecule has 0 N–H and O–H groups in total. The number of ether oxygens (including phenoxy) is 1. The van der Waals surface area contributed by atoms with Crippen molar-refractivity contribution in [2.75, 3.05) is 26.2 Å². The Kier molecular flexibility index (Phi) is 6.11. The van der Waals surface area contributed by atoms with E-state index in [2.05, 4.69) is 11.8 Å². The molecular weight excluding hydrogens is 346 g/mol. The van der Waals surface area contributed by atoms with E-state index in [9.17, 15) is 14.9 Å². The molecule has 7 nitrogen and oxygen atoms in total. The zero-order chi connectivity index (χ0) is 19.6. The lowest BCUT2D eigenvalue weighted by atomic mass is 9.93. The van der Waals surface area contributed by atoms with Crippen molar-refractivity contribution in [2.24, 2.45) is 5.92 Å². The van der Waals surface area contributed by atoms with Gasteiger partial charge in [0, 0.05) is 37.2 Å². The van der Waals surface area contributed by atoms with Crippen LogP contribution in [-0.4, -0.2) is 59.0 Å². The average Bonchev–Trinajstić information content (AvgIpc) is 2.66. The molecule has 2 heterocycles. The van der Waals surface area contributed by atoms with Gasteiger partial charge in [-0.05, 0) is 52.3 Å². The molecule has 0 saturated carbocycles. The molecule has 1 amide bonds. The van der Waals surface area contributed by atoms with Gasteiger partial charge in [0.1, 0.15) is 0 Å². The van der Waals surface area contributed by atoms with E-state index in [0.717, 1.165) is 31.5 Å². The standard InChI is InChI=1S/C20H29N3O4/c1-14-12-22(13-15(2)27-14)20(24)17-7-9-21(10-8-17)16(3)18-5-4-6-19(11-18)23(25)26/h4-6,11,14-17H,7-10,12-13H2,1-3H3. The highest BCUT2D eigenvalue weighted by Gasteiger charge is 2.33. The summed E-state index contributed by atoms with van der Waals surface area (Å²) >= 11 is 0. The van der Waals surface area contributed by atoms with Crippen LogP contribution < -0.4 is 0 Å². The SMILES string of the molecule is CC1CN(C(=O)C2CCN(C(C)c3cccc([N+](=O)[O-])c3)CC2)CC(C)O1. The summed E-state index contributed by atoms with van der Waals surface area (Å²) in [5.74, 6) is 0.315. The minimum absolute atomic E-state index is 0.0658.